The van der Waals surface area contributed by atoms with Gasteiger partial charge >= 0.3 is 0 Å². The summed E-state index contributed by atoms with van der Waals surface area (Å²) in [5, 5.41) is 21.0. The number of H-pyrrole nitrogens is 1. The SMILES string of the molecule is O[C@H]1CC[C@@H](Nc2nccc(-c3nccc(C#Cc4ccc5[nH]ncc5c4)n3)n2)CC1. The van der Waals surface area contributed by atoms with Gasteiger partial charge in [-0.25, -0.2) is 19.9 Å². The van der Waals surface area contributed by atoms with Crippen LogP contribution in [0.3, 0.4) is 0 Å². The van der Waals surface area contributed by atoms with Crippen molar-refractivity contribution < 1.29 is 5.11 Å². The summed E-state index contributed by atoms with van der Waals surface area (Å²) in [5.74, 6) is 7.29. The molecule has 0 radical (unpaired) electrons. The van der Waals surface area contributed by atoms with Crippen molar-refractivity contribution in [2.45, 2.75) is 37.8 Å². The van der Waals surface area contributed by atoms with Gasteiger partial charge in [-0.1, -0.05) is 5.92 Å². The average molecular weight is 411 g/mol. The summed E-state index contributed by atoms with van der Waals surface area (Å²) < 4.78 is 0. The van der Waals surface area contributed by atoms with Crippen molar-refractivity contribution in [1.29, 1.82) is 0 Å². The minimum absolute atomic E-state index is 0.191. The third-order valence-electron chi connectivity index (χ3n) is 5.35. The van der Waals surface area contributed by atoms with Crippen LogP contribution in [0.5, 0.6) is 0 Å². The van der Waals surface area contributed by atoms with Gasteiger partial charge < -0.3 is 10.4 Å². The van der Waals surface area contributed by atoms with Crippen molar-refractivity contribution in [2.24, 2.45) is 0 Å². The number of hydrogen-bond acceptors (Lipinski definition) is 7. The van der Waals surface area contributed by atoms with Crippen molar-refractivity contribution in [1.82, 2.24) is 30.1 Å². The molecule has 0 unspecified atom stereocenters. The lowest BCUT2D eigenvalue weighted by Crippen LogP contribution is -2.28. The highest BCUT2D eigenvalue weighted by molar-refractivity contribution is 5.79. The third kappa shape index (κ3) is 4.52. The molecule has 8 heteroatoms. The van der Waals surface area contributed by atoms with Crippen LogP contribution in [0.4, 0.5) is 5.95 Å². The van der Waals surface area contributed by atoms with Crippen LogP contribution in [0.15, 0.2) is 48.9 Å². The molecule has 0 amide bonds. The number of hydrogen-bond donors (Lipinski definition) is 3. The molecule has 3 N–H and O–H groups in total. The average Bonchev–Trinajstić information content (AvgIpc) is 3.28. The van der Waals surface area contributed by atoms with Gasteiger partial charge in [-0.2, -0.15) is 5.10 Å². The van der Waals surface area contributed by atoms with E-state index in [4.69, 9.17) is 0 Å². The van der Waals surface area contributed by atoms with Gasteiger partial charge in [-0.3, -0.25) is 5.10 Å². The third-order valence-corrected chi connectivity index (χ3v) is 5.35. The Hall–Kier alpha value is -3.83. The lowest BCUT2D eigenvalue weighted by Gasteiger charge is -2.26. The van der Waals surface area contributed by atoms with Crippen molar-refractivity contribution in [3.05, 3.63) is 60.2 Å². The topological polar surface area (TPSA) is 112 Å². The number of fused-ring (bicyclic) bond motifs is 1. The number of anilines is 1. The molecule has 1 saturated carbocycles. The summed E-state index contributed by atoms with van der Waals surface area (Å²) in [6.45, 7) is 0. The largest absolute Gasteiger partial charge is 0.393 e. The van der Waals surface area contributed by atoms with Crippen molar-refractivity contribution >= 4 is 16.9 Å². The van der Waals surface area contributed by atoms with E-state index in [9.17, 15) is 5.11 Å². The predicted molar refractivity (Wildman–Crippen MR) is 117 cm³/mol. The van der Waals surface area contributed by atoms with E-state index in [1.54, 1.807) is 30.7 Å². The molecule has 154 valence electrons. The van der Waals surface area contributed by atoms with E-state index in [2.05, 4.69) is 47.3 Å². The Balaban J connectivity index is 1.34. The van der Waals surface area contributed by atoms with E-state index in [0.29, 0.717) is 23.2 Å². The minimum atomic E-state index is -0.191. The van der Waals surface area contributed by atoms with Crippen molar-refractivity contribution in [3.8, 4) is 23.4 Å². The predicted octanol–water partition coefficient (Wildman–Crippen LogP) is 2.93. The van der Waals surface area contributed by atoms with Gasteiger partial charge in [0.2, 0.25) is 5.95 Å². The van der Waals surface area contributed by atoms with E-state index in [1.807, 2.05) is 18.2 Å². The van der Waals surface area contributed by atoms with Gasteiger partial charge in [0.15, 0.2) is 5.82 Å². The zero-order valence-corrected chi connectivity index (χ0v) is 16.8. The first-order chi connectivity index (χ1) is 15.2. The van der Waals surface area contributed by atoms with Gasteiger partial charge in [0.05, 0.1) is 17.8 Å². The molecule has 1 aromatic carbocycles. The number of aromatic nitrogens is 6. The summed E-state index contributed by atoms with van der Waals surface area (Å²) in [6, 6.07) is 9.72. The first-order valence-electron chi connectivity index (χ1n) is 10.3. The van der Waals surface area contributed by atoms with Crippen molar-refractivity contribution in [3.63, 3.8) is 0 Å². The Bertz CT molecular complexity index is 1270. The van der Waals surface area contributed by atoms with Gasteiger partial charge in [-0.05, 0) is 61.9 Å². The highest BCUT2D eigenvalue weighted by Gasteiger charge is 2.20. The van der Waals surface area contributed by atoms with Crippen LogP contribution in [-0.4, -0.2) is 47.4 Å². The normalized spacial score (nSPS) is 18.4. The van der Waals surface area contributed by atoms with E-state index in [-0.39, 0.29) is 12.1 Å². The molecule has 5 rings (SSSR count). The molecule has 0 saturated heterocycles. The summed E-state index contributed by atoms with van der Waals surface area (Å²) in [5.41, 5.74) is 3.12. The van der Waals surface area contributed by atoms with Crippen LogP contribution in [0.25, 0.3) is 22.4 Å². The fourth-order valence-corrected chi connectivity index (χ4v) is 3.66. The molecule has 0 bridgehead atoms. The summed E-state index contributed by atoms with van der Waals surface area (Å²) in [4.78, 5) is 17.8. The number of aromatic amines is 1. The minimum Gasteiger partial charge on any atom is -0.393 e. The maximum Gasteiger partial charge on any atom is 0.223 e. The number of nitrogens with one attached hydrogen (secondary N) is 2. The summed E-state index contributed by atoms with van der Waals surface area (Å²) in [7, 11) is 0. The molecule has 0 spiro atoms. The summed E-state index contributed by atoms with van der Waals surface area (Å²) >= 11 is 0. The Morgan fingerprint density at radius 2 is 1.84 bits per heavy atom. The zero-order chi connectivity index (χ0) is 21.0. The molecule has 0 atom stereocenters. The van der Waals surface area contributed by atoms with Gasteiger partial charge in [0.25, 0.3) is 0 Å². The van der Waals surface area contributed by atoms with E-state index in [0.717, 1.165) is 42.1 Å². The Morgan fingerprint density at radius 1 is 0.968 bits per heavy atom. The Labute approximate surface area is 179 Å². The van der Waals surface area contributed by atoms with Gasteiger partial charge in [0.1, 0.15) is 11.4 Å². The van der Waals surface area contributed by atoms with Gasteiger partial charge in [-0.15, -0.1) is 0 Å². The molecule has 3 aromatic heterocycles. The van der Waals surface area contributed by atoms with Crippen LogP contribution in [-0.2, 0) is 0 Å². The van der Waals surface area contributed by atoms with Crippen LogP contribution in [0, 0.1) is 11.8 Å². The van der Waals surface area contributed by atoms with E-state index >= 15 is 0 Å². The zero-order valence-electron chi connectivity index (χ0n) is 16.8. The van der Waals surface area contributed by atoms with Gasteiger partial charge in [0, 0.05) is 29.4 Å². The highest BCUT2D eigenvalue weighted by atomic mass is 16.3. The molecule has 8 nitrogen and oxygen atoms in total. The lowest BCUT2D eigenvalue weighted by atomic mass is 9.93. The monoisotopic (exact) mass is 411 g/mol. The first-order valence-corrected chi connectivity index (χ1v) is 10.3. The van der Waals surface area contributed by atoms with Crippen molar-refractivity contribution in [2.75, 3.05) is 5.32 Å². The molecule has 1 aliphatic carbocycles. The Kier molecular flexibility index (Phi) is 5.25. The van der Waals surface area contributed by atoms with Crippen LogP contribution in [0.1, 0.15) is 36.9 Å². The number of aliphatic hydroxyl groups is 1. The molecule has 0 aliphatic heterocycles. The molecular weight excluding hydrogens is 390 g/mol. The molecule has 3 heterocycles. The second-order valence-electron chi connectivity index (χ2n) is 7.60. The second-order valence-corrected chi connectivity index (χ2v) is 7.60. The Morgan fingerprint density at radius 3 is 2.74 bits per heavy atom. The molecule has 1 fully saturated rings. The molecular formula is C23H21N7O. The maximum atomic E-state index is 9.67. The molecule has 1 aliphatic rings. The van der Waals surface area contributed by atoms with Crippen LogP contribution >= 0.6 is 0 Å². The number of rotatable bonds is 3. The second kappa shape index (κ2) is 8.50. The molecule has 31 heavy (non-hydrogen) atoms. The summed E-state index contributed by atoms with van der Waals surface area (Å²) in [6.07, 6.45) is 8.38. The highest BCUT2D eigenvalue weighted by Crippen LogP contribution is 2.21. The van der Waals surface area contributed by atoms with E-state index in [1.165, 1.54) is 0 Å². The fraction of sp³-hybridized carbons (Fsp3) is 0.261. The lowest BCUT2D eigenvalue weighted by molar-refractivity contribution is 0.126. The van der Waals surface area contributed by atoms with Crippen LogP contribution in [0.2, 0.25) is 0 Å². The number of aliphatic hydroxyl groups excluding tert-OH is 1. The fourth-order valence-electron chi connectivity index (χ4n) is 3.66. The number of nitrogens with zero attached hydrogens (tertiary/aromatic N) is 5. The standard InChI is InChI=1S/C23H21N7O/c31-19-6-4-17(5-7-19)28-23-25-12-10-21(29-23)22-24-11-9-18(27-22)3-1-15-2-8-20-16(13-15)14-26-30-20/h2,8-14,17,19,31H,4-7H2,(H,26,30)(H,25,28,29)/t17-,19+. The first kappa shape index (κ1) is 19.2. The molecule has 4 aromatic rings. The van der Waals surface area contributed by atoms with Crippen LogP contribution < -0.4 is 5.32 Å². The maximum absolute atomic E-state index is 9.67. The quantitative estimate of drug-likeness (QED) is 0.444. The smallest absolute Gasteiger partial charge is 0.223 e. The van der Waals surface area contributed by atoms with E-state index < -0.39 is 0 Å². The number of benzene rings is 1.